The molecule has 0 amide bonds. The third kappa shape index (κ3) is 4.04. The molecule has 2 atom stereocenters. The van der Waals surface area contributed by atoms with Crippen molar-refractivity contribution in [2.75, 3.05) is 18.1 Å². The summed E-state index contributed by atoms with van der Waals surface area (Å²) >= 11 is 1.60. The number of rotatable bonds is 6. The van der Waals surface area contributed by atoms with Gasteiger partial charge in [0.2, 0.25) is 0 Å². The first-order valence-electron chi connectivity index (χ1n) is 5.56. The molecule has 0 heterocycles. The van der Waals surface area contributed by atoms with E-state index >= 15 is 0 Å². The zero-order valence-corrected chi connectivity index (χ0v) is 10.8. The zero-order chi connectivity index (χ0) is 12.7. The third-order valence-corrected chi connectivity index (χ3v) is 4.00. The van der Waals surface area contributed by atoms with Crippen LogP contribution in [0.15, 0.2) is 30.3 Å². The fourth-order valence-electron chi connectivity index (χ4n) is 1.39. The number of nitriles is 1. The van der Waals surface area contributed by atoms with Gasteiger partial charge in [0.05, 0.1) is 6.07 Å². The van der Waals surface area contributed by atoms with Crippen LogP contribution in [0.5, 0.6) is 0 Å². The smallest absolute Gasteiger partial charge is 0.138 e. The highest BCUT2D eigenvalue weighted by Crippen LogP contribution is 2.23. The topological polar surface area (TPSA) is 70.0 Å². The quantitative estimate of drug-likeness (QED) is 0.806. The van der Waals surface area contributed by atoms with Crippen LogP contribution in [0.3, 0.4) is 0 Å². The number of hydrogen-bond donors (Lipinski definition) is 2. The summed E-state index contributed by atoms with van der Waals surface area (Å²) in [5.41, 5.74) is 6.00. The van der Waals surface area contributed by atoms with E-state index in [0.717, 1.165) is 11.3 Å². The molecule has 0 aliphatic heterocycles. The van der Waals surface area contributed by atoms with E-state index in [0.29, 0.717) is 5.75 Å². The molecule has 1 aromatic carbocycles. The summed E-state index contributed by atoms with van der Waals surface area (Å²) < 4.78 is 0. The SMILES string of the molecule is CC(CO)CSCC(N)(C#N)c1ccccc1. The predicted molar refractivity (Wildman–Crippen MR) is 71.5 cm³/mol. The minimum absolute atomic E-state index is 0.169. The molecule has 1 rings (SSSR count). The van der Waals surface area contributed by atoms with E-state index in [1.54, 1.807) is 11.8 Å². The van der Waals surface area contributed by atoms with E-state index < -0.39 is 5.54 Å². The Morgan fingerprint density at radius 3 is 2.65 bits per heavy atom. The van der Waals surface area contributed by atoms with E-state index in [1.165, 1.54) is 0 Å². The van der Waals surface area contributed by atoms with Crippen LogP contribution in [0.1, 0.15) is 12.5 Å². The van der Waals surface area contributed by atoms with Crippen molar-refractivity contribution in [3.63, 3.8) is 0 Å². The summed E-state index contributed by atoms with van der Waals surface area (Å²) in [6.45, 7) is 2.14. The molecule has 0 aliphatic carbocycles. The number of thioether (sulfide) groups is 1. The minimum atomic E-state index is -0.943. The van der Waals surface area contributed by atoms with Crippen LogP contribution in [0.25, 0.3) is 0 Å². The van der Waals surface area contributed by atoms with E-state index in [2.05, 4.69) is 6.07 Å². The van der Waals surface area contributed by atoms with Gasteiger partial charge in [-0.1, -0.05) is 37.3 Å². The van der Waals surface area contributed by atoms with Crippen LogP contribution >= 0.6 is 11.8 Å². The average molecular weight is 250 g/mol. The Labute approximate surface area is 107 Å². The number of benzene rings is 1. The molecule has 92 valence electrons. The summed E-state index contributed by atoms with van der Waals surface area (Å²) in [5.74, 6) is 1.58. The van der Waals surface area contributed by atoms with Crippen molar-refractivity contribution in [2.24, 2.45) is 11.7 Å². The first-order valence-corrected chi connectivity index (χ1v) is 6.72. The zero-order valence-electron chi connectivity index (χ0n) is 9.97. The molecule has 0 saturated carbocycles. The predicted octanol–water partition coefficient (Wildman–Crippen LogP) is 1.73. The highest BCUT2D eigenvalue weighted by atomic mass is 32.2. The molecule has 0 saturated heterocycles. The Kier molecular flexibility index (Phi) is 5.49. The van der Waals surface area contributed by atoms with Crippen molar-refractivity contribution in [1.82, 2.24) is 0 Å². The van der Waals surface area contributed by atoms with Gasteiger partial charge in [-0.25, -0.2) is 0 Å². The molecule has 0 aromatic heterocycles. The molecule has 0 radical (unpaired) electrons. The Morgan fingerprint density at radius 2 is 2.12 bits per heavy atom. The van der Waals surface area contributed by atoms with Gasteiger partial charge in [-0.3, -0.25) is 0 Å². The Hall–Kier alpha value is -1.02. The lowest BCUT2D eigenvalue weighted by atomic mass is 9.95. The number of aliphatic hydroxyl groups excluding tert-OH is 1. The molecular formula is C13H18N2OS. The van der Waals surface area contributed by atoms with Gasteiger partial charge in [-0.2, -0.15) is 17.0 Å². The van der Waals surface area contributed by atoms with E-state index in [4.69, 9.17) is 10.8 Å². The fraction of sp³-hybridized carbons (Fsp3) is 0.462. The van der Waals surface area contributed by atoms with Gasteiger partial charge < -0.3 is 10.8 Å². The Balaban J connectivity index is 2.62. The molecule has 3 nitrogen and oxygen atoms in total. The number of aliphatic hydroxyl groups is 1. The molecule has 0 fully saturated rings. The average Bonchev–Trinajstić information content (AvgIpc) is 2.39. The molecule has 1 aromatic rings. The molecule has 2 unspecified atom stereocenters. The van der Waals surface area contributed by atoms with Crippen LogP contribution < -0.4 is 5.73 Å². The van der Waals surface area contributed by atoms with E-state index in [-0.39, 0.29) is 12.5 Å². The minimum Gasteiger partial charge on any atom is -0.396 e. The largest absolute Gasteiger partial charge is 0.396 e. The molecule has 17 heavy (non-hydrogen) atoms. The second kappa shape index (κ2) is 6.65. The van der Waals surface area contributed by atoms with E-state index in [1.807, 2.05) is 37.3 Å². The maximum absolute atomic E-state index is 9.22. The van der Waals surface area contributed by atoms with Crippen molar-refractivity contribution in [2.45, 2.75) is 12.5 Å². The summed E-state index contributed by atoms with van der Waals surface area (Å²) in [6, 6.07) is 11.6. The highest BCUT2D eigenvalue weighted by molar-refractivity contribution is 7.99. The molecule has 0 bridgehead atoms. The van der Waals surface area contributed by atoms with Crippen molar-refractivity contribution in [1.29, 1.82) is 5.26 Å². The van der Waals surface area contributed by atoms with Crippen molar-refractivity contribution in [3.8, 4) is 6.07 Å². The maximum atomic E-state index is 9.22. The van der Waals surface area contributed by atoms with Gasteiger partial charge in [0, 0.05) is 12.4 Å². The molecule has 4 heteroatoms. The van der Waals surface area contributed by atoms with Crippen molar-refractivity contribution in [3.05, 3.63) is 35.9 Å². The lowest BCUT2D eigenvalue weighted by Crippen LogP contribution is -2.38. The second-order valence-electron chi connectivity index (χ2n) is 4.25. The summed E-state index contributed by atoms with van der Waals surface area (Å²) in [4.78, 5) is 0. The first kappa shape index (κ1) is 14.0. The summed E-state index contributed by atoms with van der Waals surface area (Å²) in [6.07, 6.45) is 0. The van der Waals surface area contributed by atoms with Crippen LogP contribution in [-0.4, -0.2) is 23.2 Å². The van der Waals surface area contributed by atoms with E-state index in [9.17, 15) is 5.26 Å². The molecular weight excluding hydrogens is 232 g/mol. The maximum Gasteiger partial charge on any atom is 0.138 e. The molecule has 0 aliphatic rings. The summed E-state index contributed by atoms with van der Waals surface area (Å²) in [7, 11) is 0. The van der Waals surface area contributed by atoms with Gasteiger partial charge in [0.25, 0.3) is 0 Å². The third-order valence-electron chi connectivity index (χ3n) is 2.53. The van der Waals surface area contributed by atoms with Crippen LogP contribution in [0.2, 0.25) is 0 Å². The number of nitrogens with zero attached hydrogens (tertiary/aromatic N) is 1. The lowest BCUT2D eigenvalue weighted by molar-refractivity contribution is 0.250. The van der Waals surface area contributed by atoms with Crippen molar-refractivity contribution < 1.29 is 5.11 Å². The Morgan fingerprint density at radius 1 is 1.47 bits per heavy atom. The van der Waals surface area contributed by atoms with Gasteiger partial charge in [-0.05, 0) is 17.2 Å². The second-order valence-corrected chi connectivity index (χ2v) is 5.28. The van der Waals surface area contributed by atoms with Crippen LogP contribution in [0.4, 0.5) is 0 Å². The number of hydrogen-bond acceptors (Lipinski definition) is 4. The Bertz CT molecular complexity index is 377. The first-order chi connectivity index (χ1) is 8.12. The highest BCUT2D eigenvalue weighted by Gasteiger charge is 2.26. The fourth-order valence-corrected chi connectivity index (χ4v) is 2.57. The van der Waals surface area contributed by atoms with Gasteiger partial charge in [-0.15, -0.1) is 0 Å². The van der Waals surface area contributed by atoms with Crippen LogP contribution in [-0.2, 0) is 5.54 Å². The van der Waals surface area contributed by atoms with Gasteiger partial charge >= 0.3 is 0 Å². The van der Waals surface area contributed by atoms with Crippen LogP contribution in [0, 0.1) is 17.2 Å². The number of nitrogens with two attached hydrogens (primary N) is 1. The summed E-state index contributed by atoms with van der Waals surface area (Å²) in [5, 5.41) is 18.2. The molecule has 0 spiro atoms. The molecule has 3 N–H and O–H groups in total. The monoisotopic (exact) mass is 250 g/mol. The van der Waals surface area contributed by atoms with Crippen molar-refractivity contribution >= 4 is 11.8 Å². The van der Waals surface area contributed by atoms with Gasteiger partial charge in [0.15, 0.2) is 0 Å². The lowest BCUT2D eigenvalue weighted by Gasteiger charge is -2.22. The normalized spacial score (nSPS) is 15.9. The standard InChI is InChI=1S/C13H18N2OS/c1-11(7-16)8-17-10-13(15,9-14)12-5-3-2-4-6-12/h2-6,11,16H,7-8,10,15H2,1H3. The van der Waals surface area contributed by atoms with Gasteiger partial charge in [0.1, 0.15) is 5.54 Å².